The van der Waals surface area contributed by atoms with Gasteiger partial charge in [-0.3, -0.25) is 19.5 Å². The number of aromatic nitrogens is 4. The molecule has 4 aromatic rings. The number of aromatic amines is 1. The summed E-state index contributed by atoms with van der Waals surface area (Å²) in [5, 5.41) is 9.57. The number of piperazine rings is 1. The highest BCUT2D eigenvalue weighted by Gasteiger charge is 2.24. The van der Waals surface area contributed by atoms with Crippen LogP contribution in [0.2, 0.25) is 5.02 Å². The molecular weight excluding hydrogens is 637 g/mol. The van der Waals surface area contributed by atoms with E-state index in [-0.39, 0.29) is 29.8 Å². The Balaban J connectivity index is 0.000000803. The third kappa shape index (κ3) is 9.51. The van der Waals surface area contributed by atoms with Gasteiger partial charge in [-0.1, -0.05) is 38.9 Å². The summed E-state index contributed by atoms with van der Waals surface area (Å²) in [5.41, 5.74) is 3.42. The van der Waals surface area contributed by atoms with Crippen LogP contribution in [0.1, 0.15) is 68.6 Å². The summed E-state index contributed by atoms with van der Waals surface area (Å²) in [4.78, 5) is 44.3. The van der Waals surface area contributed by atoms with Crippen LogP contribution in [0.5, 0.6) is 0 Å². The molecule has 0 spiro atoms. The predicted octanol–water partition coefficient (Wildman–Crippen LogP) is 6.84. The molecule has 2 aromatic heterocycles. The van der Waals surface area contributed by atoms with Gasteiger partial charge in [0.2, 0.25) is 6.41 Å². The molecule has 0 aliphatic carbocycles. The summed E-state index contributed by atoms with van der Waals surface area (Å²) in [6, 6.07) is 8.09. The van der Waals surface area contributed by atoms with Gasteiger partial charge in [-0.05, 0) is 63.1 Å². The Morgan fingerprint density at radius 3 is 2.23 bits per heavy atom. The minimum absolute atomic E-state index is 0. The normalized spacial score (nSPS) is 12.5. The van der Waals surface area contributed by atoms with E-state index in [4.69, 9.17) is 16.3 Å². The number of amides is 3. The highest BCUT2D eigenvalue weighted by molar-refractivity contribution is 6.34. The second-order valence-corrected chi connectivity index (χ2v) is 11.9. The minimum Gasteiger partial charge on any atom is -0.379 e. The quantitative estimate of drug-likeness (QED) is 0.215. The van der Waals surface area contributed by atoms with E-state index in [9.17, 15) is 14.4 Å². The van der Waals surface area contributed by atoms with E-state index in [1.54, 1.807) is 67.5 Å². The van der Waals surface area contributed by atoms with Gasteiger partial charge in [0.05, 0.1) is 34.3 Å². The first-order chi connectivity index (χ1) is 22.3. The molecule has 48 heavy (non-hydrogen) atoms. The van der Waals surface area contributed by atoms with Gasteiger partial charge in [0, 0.05) is 63.3 Å². The lowest BCUT2D eigenvalue weighted by atomic mass is 9.99. The van der Waals surface area contributed by atoms with Gasteiger partial charge in [-0.15, -0.1) is 0 Å². The number of methoxy groups -OCH3 is 1. The van der Waals surface area contributed by atoms with Crippen molar-refractivity contribution in [2.24, 2.45) is 7.05 Å². The molecule has 0 saturated carbocycles. The van der Waals surface area contributed by atoms with Crippen LogP contribution < -0.4 is 5.32 Å². The van der Waals surface area contributed by atoms with Gasteiger partial charge in [-0.25, -0.2) is 9.37 Å². The average molecular weight is 684 g/mol. The first-order valence-electron chi connectivity index (χ1n) is 15.3. The second-order valence-electron chi connectivity index (χ2n) is 11.5. The Morgan fingerprint density at radius 1 is 1.06 bits per heavy atom. The van der Waals surface area contributed by atoms with Crippen molar-refractivity contribution in [3.05, 3.63) is 76.7 Å². The Hall–Kier alpha value is -4.55. The summed E-state index contributed by atoms with van der Waals surface area (Å²) < 4.78 is 21.8. The number of H-pyrrole nitrogens is 1. The van der Waals surface area contributed by atoms with E-state index < -0.39 is 11.7 Å². The first kappa shape index (κ1) is 39.6. The number of ether oxygens (including phenoxy) is 1. The number of benzene rings is 2. The number of nitrogens with zero attached hydrogens (tertiary/aromatic N) is 5. The smallest absolute Gasteiger partial charge is 0.291 e. The van der Waals surface area contributed by atoms with Crippen molar-refractivity contribution in [2.75, 3.05) is 38.6 Å². The lowest BCUT2D eigenvalue weighted by Gasteiger charge is -2.32. The van der Waals surface area contributed by atoms with Crippen LogP contribution >= 0.6 is 11.6 Å². The number of halogens is 2. The molecule has 3 heterocycles. The standard InChI is InChI=1S/C27H25ClFN7O3.C5H12O.C2H6.CH4/c1-16-19(17-12-31-32-13-17)5-6-21(24(16)29)23-14-30-25(34(23)2)26(38)33-18-3-4-20(22(28)11-18)27(39)36-9-7-35(15-37)8-10-36;1-5(2,3)6-4;1-2;/h3-6,11-15H,7-10H2,1-2H3,(H,31,32)(H,33,38);1-4H3;1-2H3;1H4. The summed E-state index contributed by atoms with van der Waals surface area (Å²) >= 11 is 6.39. The van der Waals surface area contributed by atoms with Crippen LogP contribution in [0.3, 0.4) is 0 Å². The van der Waals surface area contributed by atoms with Crippen molar-refractivity contribution in [1.82, 2.24) is 29.5 Å². The maximum absolute atomic E-state index is 15.4. The molecule has 5 rings (SSSR count). The maximum atomic E-state index is 15.4. The number of rotatable bonds is 6. The zero-order valence-electron chi connectivity index (χ0n) is 28.1. The topological polar surface area (TPSA) is 125 Å². The van der Waals surface area contributed by atoms with Crippen LogP contribution in [-0.2, 0) is 16.6 Å². The Labute approximate surface area is 287 Å². The van der Waals surface area contributed by atoms with Gasteiger partial charge in [0.25, 0.3) is 11.8 Å². The lowest BCUT2D eigenvalue weighted by molar-refractivity contribution is -0.119. The number of carbonyl (C=O) groups is 3. The number of hydrogen-bond acceptors (Lipinski definition) is 6. The summed E-state index contributed by atoms with van der Waals surface area (Å²) in [6.07, 6.45) is 5.54. The molecule has 260 valence electrons. The Bertz CT molecular complexity index is 1670. The molecule has 1 aliphatic heterocycles. The summed E-state index contributed by atoms with van der Waals surface area (Å²) in [5.74, 6) is -1.10. The zero-order chi connectivity index (χ0) is 34.9. The van der Waals surface area contributed by atoms with Crippen molar-refractivity contribution in [2.45, 2.75) is 54.6 Å². The average Bonchev–Trinajstić information content (AvgIpc) is 3.73. The molecular formula is C35H47ClFN7O4. The third-order valence-corrected chi connectivity index (χ3v) is 7.80. The molecule has 3 amide bonds. The largest absolute Gasteiger partial charge is 0.379 e. The van der Waals surface area contributed by atoms with Crippen LogP contribution in [0.15, 0.2) is 48.9 Å². The molecule has 2 N–H and O–H groups in total. The Kier molecular flexibility index (Phi) is 14.5. The third-order valence-electron chi connectivity index (χ3n) is 7.48. The fraction of sp³-hybridized carbons (Fsp3) is 0.400. The van der Waals surface area contributed by atoms with Crippen LogP contribution in [0.25, 0.3) is 22.4 Å². The number of hydrogen-bond donors (Lipinski definition) is 2. The van der Waals surface area contributed by atoms with Crippen molar-refractivity contribution in [3.63, 3.8) is 0 Å². The fourth-order valence-electron chi connectivity index (χ4n) is 4.62. The minimum atomic E-state index is -0.518. The number of carbonyl (C=O) groups excluding carboxylic acids is 3. The van der Waals surface area contributed by atoms with E-state index in [0.717, 1.165) is 12.0 Å². The molecule has 2 aromatic carbocycles. The molecule has 0 atom stereocenters. The van der Waals surface area contributed by atoms with Crippen molar-refractivity contribution >= 4 is 35.5 Å². The first-order valence-corrected chi connectivity index (χ1v) is 15.7. The van der Waals surface area contributed by atoms with E-state index >= 15 is 4.39 Å². The number of imidazole rings is 1. The zero-order valence-corrected chi connectivity index (χ0v) is 28.9. The predicted molar refractivity (Wildman–Crippen MR) is 189 cm³/mol. The molecule has 13 heteroatoms. The van der Waals surface area contributed by atoms with E-state index in [2.05, 4.69) is 20.5 Å². The van der Waals surface area contributed by atoms with Gasteiger partial charge in [0.15, 0.2) is 5.82 Å². The molecule has 0 unspecified atom stereocenters. The summed E-state index contributed by atoms with van der Waals surface area (Å²) in [6.45, 7) is 13.5. The number of nitrogens with one attached hydrogen (secondary N) is 2. The maximum Gasteiger partial charge on any atom is 0.291 e. The van der Waals surface area contributed by atoms with Gasteiger partial charge in [0.1, 0.15) is 5.82 Å². The van der Waals surface area contributed by atoms with E-state index in [1.807, 2.05) is 34.6 Å². The molecule has 11 nitrogen and oxygen atoms in total. The van der Waals surface area contributed by atoms with E-state index in [1.165, 1.54) is 16.8 Å². The van der Waals surface area contributed by atoms with Gasteiger partial charge < -0.3 is 24.4 Å². The second kappa shape index (κ2) is 17.6. The molecule has 1 fully saturated rings. The molecule has 0 bridgehead atoms. The lowest BCUT2D eigenvalue weighted by Crippen LogP contribution is -2.48. The van der Waals surface area contributed by atoms with Crippen molar-refractivity contribution in [1.29, 1.82) is 0 Å². The molecule has 1 aliphatic rings. The summed E-state index contributed by atoms with van der Waals surface area (Å²) in [7, 11) is 3.34. The SMILES string of the molecule is C.CC.COC(C)(C)C.Cc1c(-c2cn[nH]c2)ccc(-c2cnc(C(=O)Nc3ccc(C(=O)N4CCN(C=O)CC4)c(Cl)c3)n2C)c1F. The Morgan fingerprint density at radius 2 is 1.69 bits per heavy atom. The van der Waals surface area contributed by atoms with E-state index in [0.29, 0.717) is 59.8 Å². The highest BCUT2D eigenvalue weighted by Crippen LogP contribution is 2.32. The number of anilines is 1. The van der Waals surface area contributed by atoms with Crippen molar-refractivity contribution in [3.8, 4) is 22.4 Å². The fourth-order valence-corrected chi connectivity index (χ4v) is 4.88. The van der Waals surface area contributed by atoms with Crippen LogP contribution in [0.4, 0.5) is 10.1 Å². The molecule has 0 radical (unpaired) electrons. The van der Waals surface area contributed by atoms with Crippen LogP contribution in [-0.4, -0.2) is 86.7 Å². The van der Waals surface area contributed by atoms with Gasteiger partial charge >= 0.3 is 0 Å². The van der Waals surface area contributed by atoms with Crippen molar-refractivity contribution < 1.29 is 23.5 Å². The van der Waals surface area contributed by atoms with Crippen LogP contribution in [0, 0.1) is 12.7 Å². The molecule has 1 saturated heterocycles. The highest BCUT2D eigenvalue weighted by atomic mass is 35.5. The van der Waals surface area contributed by atoms with Gasteiger partial charge in [-0.2, -0.15) is 5.10 Å². The monoisotopic (exact) mass is 683 g/mol.